The van der Waals surface area contributed by atoms with Gasteiger partial charge in [-0.3, -0.25) is 4.79 Å². The van der Waals surface area contributed by atoms with E-state index >= 15 is 0 Å². The van der Waals surface area contributed by atoms with E-state index in [0.717, 1.165) is 11.4 Å². The topological polar surface area (TPSA) is 89.2 Å². The Kier molecular flexibility index (Phi) is 6.07. The van der Waals surface area contributed by atoms with Gasteiger partial charge in [-0.25, -0.2) is 4.68 Å². The van der Waals surface area contributed by atoms with Gasteiger partial charge in [0.15, 0.2) is 18.1 Å². The van der Waals surface area contributed by atoms with Crippen LogP contribution >= 0.6 is 0 Å². The van der Waals surface area contributed by atoms with Gasteiger partial charge in [0.2, 0.25) is 0 Å². The third-order valence-corrected chi connectivity index (χ3v) is 4.40. The van der Waals surface area contributed by atoms with Gasteiger partial charge in [0.25, 0.3) is 5.91 Å². The molecule has 1 N–H and O–H groups in total. The van der Waals surface area contributed by atoms with Crippen LogP contribution in [0.25, 0.3) is 5.69 Å². The lowest BCUT2D eigenvalue weighted by atomic mass is 9.92. The third kappa shape index (κ3) is 4.78. The van der Waals surface area contributed by atoms with Crippen LogP contribution in [-0.2, 0) is 10.2 Å². The zero-order chi connectivity index (χ0) is 21.7. The van der Waals surface area contributed by atoms with Crippen LogP contribution in [0.4, 0.5) is 5.82 Å². The Balaban J connectivity index is 1.78. The molecule has 1 heterocycles. The van der Waals surface area contributed by atoms with E-state index in [9.17, 15) is 4.79 Å². The van der Waals surface area contributed by atoms with Crippen LogP contribution in [0.2, 0.25) is 0 Å². The minimum absolute atomic E-state index is 0.175. The summed E-state index contributed by atoms with van der Waals surface area (Å²) in [5.41, 5.74) is 1.98. The van der Waals surface area contributed by atoms with E-state index in [1.807, 2.05) is 42.5 Å². The molecule has 1 amide bonds. The molecular formula is C23H24N4O3. The average Bonchev–Trinajstić information content (AvgIpc) is 3.17. The summed E-state index contributed by atoms with van der Waals surface area (Å²) in [6.07, 6.45) is 0. The first-order valence-corrected chi connectivity index (χ1v) is 9.48. The van der Waals surface area contributed by atoms with Gasteiger partial charge in [-0.05, 0) is 24.3 Å². The zero-order valence-corrected chi connectivity index (χ0v) is 17.5. The first-order chi connectivity index (χ1) is 14.3. The molecular weight excluding hydrogens is 380 g/mol. The number of carbonyl (C=O) groups is 1. The van der Waals surface area contributed by atoms with Gasteiger partial charge in [-0.15, -0.1) is 0 Å². The predicted octanol–water partition coefficient (Wildman–Crippen LogP) is 4.07. The van der Waals surface area contributed by atoms with E-state index in [1.165, 1.54) is 7.11 Å². The molecule has 7 nitrogen and oxygen atoms in total. The fraction of sp³-hybridized carbons (Fsp3) is 0.261. The Bertz CT molecular complexity index is 1080. The Morgan fingerprint density at radius 3 is 2.50 bits per heavy atom. The van der Waals surface area contributed by atoms with Crippen molar-refractivity contribution < 1.29 is 14.3 Å². The fourth-order valence-corrected chi connectivity index (χ4v) is 2.78. The summed E-state index contributed by atoms with van der Waals surface area (Å²) in [5.74, 6) is 1.01. The van der Waals surface area contributed by atoms with Crippen molar-refractivity contribution in [1.29, 1.82) is 5.26 Å². The smallest absolute Gasteiger partial charge is 0.263 e. The number of rotatable bonds is 6. The van der Waals surface area contributed by atoms with Crippen molar-refractivity contribution in [2.24, 2.45) is 0 Å². The molecule has 7 heteroatoms. The van der Waals surface area contributed by atoms with Crippen LogP contribution in [0.15, 0.2) is 54.6 Å². The Morgan fingerprint density at radius 1 is 1.13 bits per heavy atom. The maximum absolute atomic E-state index is 12.6. The van der Waals surface area contributed by atoms with E-state index in [1.54, 1.807) is 22.9 Å². The first kappa shape index (κ1) is 20.9. The Labute approximate surface area is 175 Å². The lowest BCUT2D eigenvalue weighted by Gasteiger charge is -2.14. The lowest BCUT2D eigenvalue weighted by Crippen LogP contribution is -2.22. The van der Waals surface area contributed by atoms with Crippen molar-refractivity contribution in [3.63, 3.8) is 0 Å². The molecule has 0 radical (unpaired) electrons. The average molecular weight is 404 g/mol. The molecule has 0 saturated carbocycles. The number of nitriles is 1. The second-order valence-corrected chi connectivity index (χ2v) is 7.73. The van der Waals surface area contributed by atoms with Crippen LogP contribution in [-0.4, -0.2) is 29.4 Å². The quantitative estimate of drug-likeness (QED) is 0.669. The maximum atomic E-state index is 12.6. The number of hydrogen-bond acceptors (Lipinski definition) is 5. The number of hydrogen-bond donors (Lipinski definition) is 1. The summed E-state index contributed by atoms with van der Waals surface area (Å²) in [5, 5.41) is 16.5. The molecule has 0 saturated heterocycles. The number of carbonyl (C=O) groups excluding carboxylic acids is 1. The van der Waals surface area contributed by atoms with Gasteiger partial charge in [0.05, 0.1) is 30.1 Å². The fourth-order valence-electron chi connectivity index (χ4n) is 2.78. The molecule has 0 aliphatic rings. The van der Waals surface area contributed by atoms with Gasteiger partial charge >= 0.3 is 0 Å². The largest absolute Gasteiger partial charge is 0.493 e. The number of benzene rings is 2. The number of ether oxygens (including phenoxy) is 2. The minimum atomic E-state index is -0.334. The maximum Gasteiger partial charge on any atom is 0.263 e. The van der Waals surface area contributed by atoms with Crippen molar-refractivity contribution in [3.05, 3.63) is 65.9 Å². The molecule has 1 aromatic heterocycles. The monoisotopic (exact) mass is 404 g/mol. The molecule has 0 fully saturated rings. The van der Waals surface area contributed by atoms with Crippen LogP contribution in [0, 0.1) is 11.3 Å². The van der Waals surface area contributed by atoms with Crippen molar-refractivity contribution in [2.45, 2.75) is 26.2 Å². The van der Waals surface area contributed by atoms with E-state index in [2.05, 4.69) is 31.2 Å². The van der Waals surface area contributed by atoms with Crippen LogP contribution in [0.5, 0.6) is 11.5 Å². The van der Waals surface area contributed by atoms with E-state index in [0.29, 0.717) is 22.9 Å². The van der Waals surface area contributed by atoms with Gasteiger partial charge < -0.3 is 14.8 Å². The summed E-state index contributed by atoms with van der Waals surface area (Å²) in [4.78, 5) is 12.6. The highest BCUT2D eigenvalue weighted by atomic mass is 16.5. The van der Waals surface area contributed by atoms with E-state index < -0.39 is 0 Å². The van der Waals surface area contributed by atoms with Crippen LogP contribution < -0.4 is 14.8 Å². The lowest BCUT2D eigenvalue weighted by molar-refractivity contribution is -0.118. The number of methoxy groups -OCH3 is 1. The van der Waals surface area contributed by atoms with Crippen molar-refractivity contribution in [2.75, 3.05) is 19.0 Å². The highest BCUT2D eigenvalue weighted by Crippen LogP contribution is 2.28. The Morgan fingerprint density at radius 2 is 1.87 bits per heavy atom. The second kappa shape index (κ2) is 8.70. The van der Waals surface area contributed by atoms with E-state index in [4.69, 9.17) is 14.7 Å². The molecule has 0 spiro atoms. The first-order valence-electron chi connectivity index (χ1n) is 9.48. The Hall–Kier alpha value is -3.79. The number of aromatic nitrogens is 2. The van der Waals surface area contributed by atoms with Gasteiger partial charge in [-0.2, -0.15) is 10.4 Å². The minimum Gasteiger partial charge on any atom is -0.493 e. The predicted molar refractivity (Wildman–Crippen MR) is 114 cm³/mol. The molecule has 154 valence electrons. The molecule has 2 aromatic carbocycles. The van der Waals surface area contributed by atoms with Crippen molar-refractivity contribution >= 4 is 11.7 Å². The number of nitrogens with one attached hydrogen (secondary N) is 1. The number of para-hydroxylation sites is 1. The molecule has 3 rings (SSSR count). The van der Waals surface area contributed by atoms with Gasteiger partial charge in [0, 0.05) is 17.5 Å². The number of amides is 1. The highest BCUT2D eigenvalue weighted by molar-refractivity contribution is 5.91. The summed E-state index contributed by atoms with van der Waals surface area (Å²) in [6.45, 7) is 5.98. The summed E-state index contributed by atoms with van der Waals surface area (Å²) < 4.78 is 12.5. The number of nitrogens with zero attached hydrogens (tertiary/aromatic N) is 3. The highest BCUT2D eigenvalue weighted by Gasteiger charge is 2.21. The summed E-state index contributed by atoms with van der Waals surface area (Å²) in [7, 11) is 1.48. The molecule has 0 aliphatic carbocycles. The molecule has 0 aliphatic heterocycles. The molecule has 3 aromatic rings. The molecule has 0 bridgehead atoms. The van der Waals surface area contributed by atoms with Crippen molar-refractivity contribution in [1.82, 2.24) is 9.78 Å². The summed E-state index contributed by atoms with van der Waals surface area (Å²) >= 11 is 0. The summed E-state index contributed by atoms with van der Waals surface area (Å²) in [6, 6.07) is 18.3. The molecule has 30 heavy (non-hydrogen) atoms. The van der Waals surface area contributed by atoms with Crippen LogP contribution in [0.3, 0.4) is 0 Å². The van der Waals surface area contributed by atoms with Gasteiger partial charge in [0.1, 0.15) is 5.82 Å². The SMILES string of the molecule is COc1cc(C#N)ccc1OCC(=O)Nc1cc(C(C)(C)C)nn1-c1ccccc1. The molecule has 0 atom stereocenters. The zero-order valence-electron chi connectivity index (χ0n) is 17.5. The normalized spacial score (nSPS) is 10.9. The number of anilines is 1. The van der Waals surface area contributed by atoms with Gasteiger partial charge in [-0.1, -0.05) is 39.0 Å². The van der Waals surface area contributed by atoms with E-state index in [-0.39, 0.29) is 17.9 Å². The van der Waals surface area contributed by atoms with Crippen LogP contribution in [0.1, 0.15) is 32.0 Å². The van der Waals surface area contributed by atoms with Crippen molar-refractivity contribution in [3.8, 4) is 23.3 Å². The third-order valence-electron chi connectivity index (χ3n) is 4.40. The molecule has 0 unspecified atom stereocenters. The standard InChI is InChI=1S/C23H24N4O3/c1-23(2,3)20-13-21(27(26-20)17-8-6-5-7-9-17)25-22(28)15-30-18-11-10-16(14-24)12-19(18)29-4/h5-13H,15H2,1-4H3,(H,25,28). The second-order valence-electron chi connectivity index (χ2n) is 7.73.